The van der Waals surface area contributed by atoms with Crippen molar-refractivity contribution in [2.75, 3.05) is 12.0 Å². The number of rotatable bonds is 5. The average molecular weight is 470 g/mol. The maximum absolute atomic E-state index is 13.4. The molecular formula is C29H27NO5. The van der Waals surface area contributed by atoms with Crippen molar-refractivity contribution in [1.82, 2.24) is 0 Å². The summed E-state index contributed by atoms with van der Waals surface area (Å²) in [6.07, 6.45) is 0.101. The molecule has 0 spiro atoms. The normalized spacial score (nSPS) is 17.0. The van der Waals surface area contributed by atoms with E-state index >= 15 is 0 Å². The van der Waals surface area contributed by atoms with Crippen LogP contribution in [0, 0.1) is 20.8 Å². The van der Waals surface area contributed by atoms with Crippen LogP contribution in [-0.4, -0.2) is 29.9 Å². The lowest BCUT2D eigenvalue weighted by Gasteiger charge is -2.27. The summed E-state index contributed by atoms with van der Waals surface area (Å²) < 4.78 is 4.72. The molecule has 6 heteroatoms. The van der Waals surface area contributed by atoms with E-state index in [0.29, 0.717) is 11.3 Å². The Kier molecular flexibility index (Phi) is 6.56. The van der Waals surface area contributed by atoms with Gasteiger partial charge in [-0.3, -0.25) is 19.3 Å². The molecule has 0 aliphatic carbocycles. The van der Waals surface area contributed by atoms with Crippen molar-refractivity contribution >= 4 is 29.1 Å². The second-order valence-corrected chi connectivity index (χ2v) is 8.76. The van der Waals surface area contributed by atoms with E-state index in [9.17, 15) is 19.5 Å². The second-order valence-electron chi connectivity index (χ2n) is 8.76. The fraction of sp³-hybridized carbons (Fsp3) is 0.207. The van der Waals surface area contributed by atoms with E-state index in [1.807, 2.05) is 63.2 Å². The number of methoxy groups -OCH3 is 1. The molecule has 1 unspecified atom stereocenters. The lowest BCUT2D eigenvalue weighted by molar-refractivity contribution is -0.139. The van der Waals surface area contributed by atoms with Crippen LogP contribution in [-0.2, 0) is 25.5 Å². The molecule has 1 heterocycles. The molecule has 3 aromatic carbocycles. The Hall–Kier alpha value is -4.19. The number of aliphatic hydroxyl groups excluding tert-OH is 1. The van der Waals surface area contributed by atoms with Crippen LogP contribution in [0.4, 0.5) is 5.69 Å². The van der Waals surface area contributed by atoms with Gasteiger partial charge in [-0.25, -0.2) is 0 Å². The van der Waals surface area contributed by atoms with Crippen LogP contribution in [0.1, 0.15) is 39.4 Å². The van der Waals surface area contributed by atoms with E-state index in [1.165, 1.54) is 12.0 Å². The number of aliphatic hydroxyl groups is 1. The molecule has 0 radical (unpaired) electrons. The van der Waals surface area contributed by atoms with E-state index in [2.05, 4.69) is 0 Å². The zero-order chi connectivity index (χ0) is 25.3. The summed E-state index contributed by atoms with van der Waals surface area (Å²) in [5.74, 6) is -2.02. The number of hydrogen-bond donors (Lipinski definition) is 1. The van der Waals surface area contributed by atoms with Gasteiger partial charge in [0.05, 0.1) is 25.1 Å². The zero-order valence-corrected chi connectivity index (χ0v) is 20.2. The van der Waals surface area contributed by atoms with Gasteiger partial charge in [-0.05, 0) is 61.2 Å². The summed E-state index contributed by atoms with van der Waals surface area (Å²) in [5.41, 5.74) is 5.16. The quantitative estimate of drug-likeness (QED) is 0.247. The summed E-state index contributed by atoms with van der Waals surface area (Å²) in [4.78, 5) is 39.8. The minimum atomic E-state index is -0.803. The third-order valence-corrected chi connectivity index (χ3v) is 6.37. The first-order valence-electron chi connectivity index (χ1n) is 11.3. The van der Waals surface area contributed by atoms with Crippen molar-refractivity contribution in [2.24, 2.45) is 0 Å². The minimum absolute atomic E-state index is 0.0524. The van der Waals surface area contributed by atoms with Crippen LogP contribution in [0.3, 0.4) is 0 Å². The first-order valence-corrected chi connectivity index (χ1v) is 11.3. The Labute approximate surface area is 204 Å². The van der Waals surface area contributed by atoms with E-state index in [1.54, 1.807) is 24.3 Å². The Morgan fingerprint density at radius 2 is 1.63 bits per heavy atom. The third kappa shape index (κ3) is 4.47. The zero-order valence-electron chi connectivity index (χ0n) is 20.2. The molecule has 4 rings (SSSR count). The summed E-state index contributed by atoms with van der Waals surface area (Å²) in [7, 11) is 1.33. The first kappa shape index (κ1) is 24.0. The summed E-state index contributed by atoms with van der Waals surface area (Å²) in [5, 5.41) is 11.4. The molecule has 1 fully saturated rings. The number of aryl methyl sites for hydroxylation is 3. The van der Waals surface area contributed by atoms with Gasteiger partial charge in [0.2, 0.25) is 0 Å². The maximum atomic E-state index is 13.4. The number of benzene rings is 3. The van der Waals surface area contributed by atoms with Gasteiger partial charge in [0.1, 0.15) is 5.76 Å². The highest BCUT2D eigenvalue weighted by Crippen LogP contribution is 2.43. The fourth-order valence-electron chi connectivity index (χ4n) is 4.44. The van der Waals surface area contributed by atoms with Gasteiger partial charge in [-0.2, -0.15) is 0 Å². The number of esters is 1. The highest BCUT2D eigenvalue weighted by atomic mass is 16.5. The minimum Gasteiger partial charge on any atom is -0.507 e. The number of carbonyl (C=O) groups is 3. The molecule has 6 nitrogen and oxygen atoms in total. The van der Waals surface area contributed by atoms with Crippen molar-refractivity contribution in [3.05, 3.63) is 106 Å². The molecule has 1 atom stereocenters. The van der Waals surface area contributed by atoms with Gasteiger partial charge in [0.25, 0.3) is 11.7 Å². The lowest BCUT2D eigenvalue weighted by Crippen LogP contribution is -2.29. The number of amides is 1. The van der Waals surface area contributed by atoms with Gasteiger partial charge < -0.3 is 9.84 Å². The average Bonchev–Trinajstić information content (AvgIpc) is 3.11. The molecule has 35 heavy (non-hydrogen) atoms. The third-order valence-electron chi connectivity index (χ3n) is 6.37. The summed E-state index contributed by atoms with van der Waals surface area (Å²) in [6.45, 7) is 5.67. The van der Waals surface area contributed by atoms with Gasteiger partial charge in [-0.1, -0.05) is 54.1 Å². The molecule has 0 saturated carbocycles. The van der Waals surface area contributed by atoms with Crippen LogP contribution >= 0.6 is 0 Å². The predicted molar refractivity (Wildman–Crippen MR) is 134 cm³/mol. The highest BCUT2D eigenvalue weighted by Gasteiger charge is 2.47. The molecular weight excluding hydrogens is 442 g/mol. The van der Waals surface area contributed by atoms with Crippen molar-refractivity contribution in [1.29, 1.82) is 0 Å². The monoisotopic (exact) mass is 469 g/mol. The molecule has 178 valence electrons. The summed E-state index contributed by atoms with van der Waals surface area (Å²) in [6, 6.07) is 19.2. The second kappa shape index (κ2) is 9.58. The molecule has 0 aromatic heterocycles. The number of ether oxygens (including phenoxy) is 1. The van der Waals surface area contributed by atoms with Crippen LogP contribution in [0.15, 0.2) is 72.3 Å². The van der Waals surface area contributed by atoms with E-state index in [-0.39, 0.29) is 23.7 Å². The van der Waals surface area contributed by atoms with Gasteiger partial charge in [0, 0.05) is 11.3 Å². The molecule has 1 aliphatic heterocycles. The highest BCUT2D eigenvalue weighted by molar-refractivity contribution is 6.51. The number of carbonyl (C=O) groups excluding carboxylic acids is 3. The van der Waals surface area contributed by atoms with Crippen LogP contribution in [0.2, 0.25) is 0 Å². The standard InChI is InChI=1S/C29H27NO5/c1-17-9-10-19(3)23(15-17)27(32)25-26(22-8-6-5-7-18(22)2)30(29(34)28(25)33)21-13-11-20(12-14-21)16-24(31)35-4/h5-15,26,32H,16H2,1-4H3/b27-25+. The number of Topliss-reactive ketones (excluding diaryl/α,β-unsaturated/α-hetero) is 1. The number of hydrogen-bond acceptors (Lipinski definition) is 5. The maximum Gasteiger partial charge on any atom is 0.309 e. The van der Waals surface area contributed by atoms with Crippen LogP contribution < -0.4 is 4.90 Å². The van der Waals surface area contributed by atoms with Gasteiger partial charge in [-0.15, -0.1) is 0 Å². The molecule has 1 amide bonds. The Morgan fingerprint density at radius 1 is 0.943 bits per heavy atom. The van der Waals surface area contributed by atoms with E-state index in [4.69, 9.17) is 4.74 Å². The topological polar surface area (TPSA) is 83.9 Å². The van der Waals surface area contributed by atoms with Gasteiger partial charge in [0.15, 0.2) is 0 Å². The molecule has 1 saturated heterocycles. The van der Waals surface area contributed by atoms with Crippen molar-refractivity contribution in [2.45, 2.75) is 33.2 Å². The Bertz CT molecular complexity index is 1350. The Morgan fingerprint density at radius 3 is 2.29 bits per heavy atom. The van der Waals surface area contributed by atoms with E-state index in [0.717, 1.165) is 27.8 Å². The number of anilines is 1. The van der Waals surface area contributed by atoms with Gasteiger partial charge >= 0.3 is 5.97 Å². The van der Waals surface area contributed by atoms with Crippen LogP contribution in [0.25, 0.3) is 5.76 Å². The van der Waals surface area contributed by atoms with Crippen LogP contribution in [0.5, 0.6) is 0 Å². The lowest BCUT2D eigenvalue weighted by atomic mass is 9.91. The summed E-state index contributed by atoms with van der Waals surface area (Å²) >= 11 is 0. The molecule has 1 N–H and O–H groups in total. The Balaban J connectivity index is 1.90. The van der Waals surface area contributed by atoms with Crippen molar-refractivity contribution in [3.63, 3.8) is 0 Å². The smallest absolute Gasteiger partial charge is 0.309 e. The number of nitrogens with zero attached hydrogens (tertiary/aromatic N) is 1. The van der Waals surface area contributed by atoms with Crippen molar-refractivity contribution in [3.8, 4) is 0 Å². The van der Waals surface area contributed by atoms with Crippen molar-refractivity contribution < 1.29 is 24.2 Å². The predicted octanol–water partition coefficient (Wildman–Crippen LogP) is 4.95. The first-order chi connectivity index (χ1) is 16.7. The molecule has 1 aliphatic rings. The SMILES string of the molecule is COC(=O)Cc1ccc(N2C(=O)C(=O)/C(=C(/O)c3cc(C)ccc3C)C2c2ccccc2C)cc1. The molecule has 0 bridgehead atoms. The molecule has 3 aromatic rings. The fourth-order valence-corrected chi connectivity index (χ4v) is 4.44. The largest absolute Gasteiger partial charge is 0.507 e. The van der Waals surface area contributed by atoms with E-state index < -0.39 is 17.7 Å². The number of ketones is 1.